The molecule has 8 heteroatoms. The number of carbonyl (C=O) groups excluding carboxylic acids is 1. The molecule has 2 aromatic rings. The maximum Gasteiger partial charge on any atom is 0.336 e. The Morgan fingerprint density at radius 1 is 1.50 bits per heavy atom. The molecule has 1 aliphatic heterocycles. The van der Waals surface area contributed by atoms with Crippen molar-refractivity contribution < 1.29 is 19.4 Å². The van der Waals surface area contributed by atoms with E-state index in [1.165, 1.54) is 22.8 Å². The number of aromatic carboxylic acids is 1. The summed E-state index contributed by atoms with van der Waals surface area (Å²) in [5.41, 5.74) is 0.121. The molecule has 2 N–H and O–H groups in total. The van der Waals surface area contributed by atoms with Crippen molar-refractivity contribution in [3.05, 3.63) is 33.0 Å². The summed E-state index contributed by atoms with van der Waals surface area (Å²) in [6.07, 6.45) is 3.75. The summed E-state index contributed by atoms with van der Waals surface area (Å²) in [4.78, 5) is 28.5. The van der Waals surface area contributed by atoms with Crippen LogP contribution in [0.3, 0.4) is 0 Å². The van der Waals surface area contributed by atoms with Gasteiger partial charge in [0.2, 0.25) is 0 Å². The van der Waals surface area contributed by atoms with E-state index in [-0.39, 0.29) is 11.5 Å². The molecule has 1 atom stereocenters. The van der Waals surface area contributed by atoms with Crippen molar-refractivity contribution in [3.63, 3.8) is 0 Å². The van der Waals surface area contributed by atoms with Crippen molar-refractivity contribution in [1.29, 1.82) is 0 Å². The van der Waals surface area contributed by atoms with Crippen molar-refractivity contribution in [1.82, 2.24) is 4.98 Å². The Balaban J connectivity index is 1.61. The Kier molecular flexibility index (Phi) is 4.51. The normalized spacial score (nSPS) is 17.5. The number of rotatable bonds is 5. The first-order chi connectivity index (χ1) is 10.6. The van der Waals surface area contributed by atoms with Crippen LogP contribution in [-0.4, -0.2) is 35.2 Å². The summed E-state index contributed by atoms with van der Waals surface area (Å²) < 4.78 is 5.35. The van der Waals surface area contributed by atoms with E-state index >= 15 is 0 Å². The van der Waals surface area contributed by atoms with Gasteiger partial charge in [0.05, 0.1) is 10.4 Å². The molecule has 116 valence electrons. The predicted molar refractivity (Wildman–Crippen MR) is 84.0 cm³/mol. The van der Waals surface area contributed by atoms with Gasteiger partial charge in [-0.15, -0.1) is 22.7 Å². The fraction of sp³-hybridized carbons (Fsp3) is 0.357. The van der Waals surface area contributed by atoms with E-state index in [2.05, 4.69) is 10.3 Å². The number of carboxylic acids is 1. The van der Waals surface area contributed by atoms with Gasteiger partial charge in [-0.2, -0.15) is 0 Å². The number of hydrogen-bond donors (Lipinski definition) is 2. The quantitative estimate of drug-likeness (QED) is 0.875. The van der Waals surface area contributed by atoms with Crippen LogP contribution in [0.2, 0.25) is 0 Å². The van der Waals surface area contributed by atoms with Crippen LogP contribution < -0.4 is 5.32 Å². The first kappa shape index (κ1) is 15.1. The van der Waals surface area contributed by atoms with Crippen molar-refractivity contribution in [2.24, 2.45) is 5.92 Å². The van der Waals surface area contributed by atoms with Gasteiger partial charge < -0.3 is 9.84 Å². The van der Waals surface area contributed by atoms with Crippen LogP contribution in [0.4, 0.5) is 5.13 Å². The lowest BCUT2D eigenvalue weighted by molar-refractivity contribution is 0.0697. The molecular weight excluding hydrogens is 324 g/mol. The number of hydrogen-bond acceptors (Lipinski definition) is 6. The monoisotopic (exact) mass is 338 g/mol. The molecular formula is C14H14N2O4S2. The summed E-state index contributed by atoms with van der Waals surface area (Å²) in [5.74, 6) is -0.840. The van der Waals surface area contributed by atoms with Gasteiger partial charge >= 0.3 is 5.97 Å². The third-order valence-electron chi connectivity index (χ3n) is 3.36. The molecule has 3 heterocycles. The lowest BCUT2D eigenvalue weighted by Gasteiger charge is -2.03. The molecule has 0 spiro atoms. The molecule has 1 aliphatic rings. The lowest BCUT2D eigenvalue weighted by atomic mass is 10.1. The zero-order valence-corrected chi connectivity index (χ0v) is 13.2. The fourth-order valence-corrected chi connectivity index (χ4v) is 3.91. The van der Waals surface area contributed by atoms with Crippen molar-refractivity contribution >= 4 is 39.7 Å². The van der Waals surface area contributed by atoms with Gasteiger partial charge in [0.1, 0.15) is 0 Å². The maximum absolute atomic E-state index is 12.1. The van der Waals surface area contributed by atoms with Crippen LogP contribution in [-0.2, 0) is 11.2 Å². The number of anilines is 1. The highest BCUT2D eigenvalue weighted by Gasteiger charge is 2.18. The zero-order valence-electron chi connectivity index (χ0n) is 11.6. The van der Waals surface area contributed by atoms with Gasteiger partial charge in [-0.25, -0.2) is 9.78 Å². The van der Waals surface area contributed by atoms with E-state index in [0.29, 0.717) is 15.9 Å². The number of carbonyl (C=O) groups is 2. The smallest absolute Gasteiger partial charge is 0.336 e. The first-order valence-corrected chi connectivity index (χ1v) is 8.47. The minimum Gasteiger partial charge on any atom is -0.478 e. The molecule has 0 radical (unpaired) electrons. The number of aromatic nitrogens is 1. The van der Waals surface area contributed by atoms with Gasteiger partial charge in [-0.1, -0.05) is 0 Å². The molecule has 1 amide bonds. The highest BCUT2D eigenvalue weighted by atomic mass is 32.1. The topological polar surface area (TPSA) is 88.5 Å². The van der Waals surface area contributed by atoms with Crippen LogP contribution in [0, 0.1) is 5.92 Å². The summed E-state index contributed by atoms with van der Waals surface area (Å²) in [5, 5.41) is 13.6. The van der Waals surface area contributed by atoms with Crippen molar-refractivity contribution in [2.75, 3.05) is 18.5 Å². The second-order valence-corrected chi connectivity index (χ2v) is 7.05. The summed E-state index contributed by atoms with van der Waals surface area (Å²) in [6, 6.07) is 1.37. The average molecular weight is 338 g/mol. The lowest BCUT2D eigenvalue weighted by Crippen LogP contribution is -2.09. The molecule has 0 bridgehead atoms. The Morgan fingerprint density at radius 3 is 3.05 bits per heavy atom. The minimum absolute atomic E-state index is 0.121. The third kappa shape index (κ3) is 3.52. The summed E-state index contributed by atoms with van der Waals surface area (Å²) >= 11 is 2.55. The SMILES string of the molecule is O=C(O)c1csc(C(=O)Nc2ncc(CC3CCOC3)s2)c1. The number of thiophene rings is 1. The highest BCUT2D eigenvalue weighted by Crippen LogP contribution is 2.25. The Labute approximate surface area is 134 Å². The average Bonchev–Trinajstić information content (AvgIpc) is 3.19. The van der Waals surface area contributed by atoms with Gasteiger partial charge in [0.25, 0.3) is 5.91 Å². The maximum atomic E-state index is 12.1. The molecule has 0 aliphatic carbocycles. The number of ether oxygens (including phenoxy) is 1. The standard InChI is InChI=1S/C14H14N2O4S2/c17-12(11-4-9(7-21-11)13(18)19)16-14-15-5-10(22-14)3-8-1-2-20-6-8/h4-5,7-8H,1-3,6H2,(H,18,19)(H,15,16,17). The van der Waals surface area contributed by atoms with Crippen LogP contribution in [0.25, 0.3) is 0 Å². The van der Waals surface area contributed by atoms with E-state index in [9.17, 15) is 9.59 Å². The summed E-state index contributed by atoms with van der Waals surface area (Å²) in [7, 11) is 0. The van der Waals surface area contributed by atoms with E-state index < -0.39 is 5.97 Å². The van der Waals surface area contributed by atoms with Crippen LogP contribution in [0.1, 0.15) is 31.3 Å². The van der Waals surface area contributed by atoms with E-state index in [1.807, 2.05) is 0 Å². The van der Waals surface area contributed by atoms with Gasteiger partial charge in [-0.05, 0) is 24.8 Å². The van der Waals surface area contributed by atoms with Crippen LogP contribution >= 0.6 is 22.7 Å². The second kappa shape index (κ2) is 6.55. The van der Waals surface area contributed by atoms with Crippen LogP contribution in [0.15, 0.2) is 17.6 Å². The number of nitrogens with one attached hydrogen (secondary N) is 1. The highest BCUT2D eigenvalue weighted by molar-refractivity contribution is 7.16. The largest absolute Gasteiger partial charge is 0.478 e. The number of nitrogens with zero attached hydrogens (tertiary/aromatic N) is 1. The first-order valence-electron chi connectivity index (χ1n) is 6.77. The molecule has 1 saturated heterocycles. The van der Waals surface area contributed by atoms with Crippen molar-refractivity contribution in [2.45, 2.75) is 12.8 Å². The zero-order chi connectivity index (χ0) is 15.5. The molecule has 2 aromatic heterocycles. The Hall–Kier alpha value is -1.77. The third-order valence-corrected chi connectivity index (χ3v) is 5.22. The Bertz CT molecular complexity index is 689. The predicted octanol–water partition coefficient (Wildman–Crippen LogP) is 2.73. The fourth-order valence-electron chi connectivity index (χ4n) is 2.21. The van der Waals surface area contributed by atoms with E-state index in [1.54, 1.807) is 6.20 Å². The van der Waals surface area contributed by atoms with E-state index in [0.717, 1.165) is 42.3 Å². The number of amides is 1. The molecule has 0 aromatic carbocycles. The molecule has 6 nitrogen and oxygen atoms in total. The molecule has 0 saturated carbocycles. The molecule has 3 rings (SSSR count). The second-order valence-electron chi connectivity index (χ2n) is 5.02. The van der Waals surface area contributed by atoms with E-state index in [4.69, 9.17) is 9.84 Å². The van der Waals surface area contributed by atoms with Crippen LogP contribution in [0.5, 0.6) is 0 Å². The number of thiazole rings is 1. The van der Waals surface area contributed by atoms with Gasteiger partial charge in [0.15, 0.2) is 5.13 Å². The number of carboxylic acid groups (broad SMARTS) is 1. The van der Waals surface area contributed by atoms with Crippen molar-refractivity contribution in [3.8, 4) is 0 Å². The van der Waals surface area contributed by atoms with Gasteiger partial charge in [0, 0.05) is 29.7 Å². The molecule has 1 unspecified atom stereocenters. The molecule has 22 heavy (non-hydrogen) atoms. The van der Waals surface area contributed by atoms with Gasteiger partial charge in [-0.3, -0.25) is 10.1 Å². The molecule has 1 fully saturated rings. The Morgan fingerprint density at radius 2 is 2.36 bits per heavy atom. The minimum atomic E-state index is -1.04. The summed E-state index contributed by atoms with van der Waals surface area (Å²) in [6.45, 7) is 1.60.